The van der Waals surface area contributed by atoms with Gasteiger partial charge in [0.05, 0.1) is 15.9 Å². The molecule has 0 radical (unpaired) electrons. The number of aromatic nitrogens is 2. The molecular weight excluding hydrogens is 392 g/mol. The van der Waals surface area contributed by atoms with Gasteiger partial charge in [-0.05, 0) is 64.6 Å². The Hall–Kier alpha value is -2.35. The molecule has 0 fully saturated rings. The van der Waals surface area contributed by atoms with Crippen molar-refractivity contribution in [1.82, 2.24) is 19.8 Å². The van der Waals surface area contributed by atoms with Crippen molar-refractivity contribution < 1.29 is 0 Å². The van der Waals surface area contributed by atoms with Gasteiger partial charge in [0.25, 0.3) is 0 Å². The second kappa shape index (κ2) is 10.6. The van der Waals surface area contributed by atoms with Crippen molar-refractivity contribution in [3.63, 3.8) is 0 Å². The van der Waals surface area contributed by atoms with Gasteiger partial charge in [-0.15, -0.1) is 11.3 Å². The van der Waals surface area contributed by atoms with Crippen LogP contribution < -0.4 is 5.32 Å². The van der Waals surface area contributed by atoms with Crippen molar-refractivity contribution in [2.24, 2.45) is 4.99 Å². The topological polar surface area (TPSA) is 56.7 Å². The molecule has 0 aliphatic carbocycles. The van der Waals surface area contributed by atoms with E-state index in [1.54, 1.807) is 11.3 Å². The van der Waals surface area contributed by atoms with Crippen LogP contribution in [0.2, 0.25) is 0 Å². The lowest BCUT2D eigenvalue weighted by atomic mass is 10.1. The van der Waals surface area contributed by atoms with Crippen molar-refractivity contribution in [3.05, 3.63) is 41.3 Å². The SMILES string of the molecule is CCC(/N=C/c1ccc(-c2nc(NCCCN(C)C)nc3ccsc23)cc1)N(C)C. The molecule has 160 valence electrons. The molecule has 0 saturated carbocycles. The molecule has 1 aromatic carbocycles. The fourth-order valence-corrected chi connectivity index (χ4v) is 4.08. The quantitative estimate of drug-likeness (QED) is 0.385. The van der Waals surface area contributed by atoms with Crippen LogP contribution in [0.1, 0.15) is 25.3 Å². The normalized spacial score (nSPS) is 13.0. The Bertz CT molecular complexity index is 961. The van der Waals surface area contributed by atoms with E-state index in [9.17, 15) is 0 Å². The van der Waals surface area contributed by atoms with Crippen LogP contribution in [0.3, 0.4) is 0 Å². The highest BCUT2D eigenvalue weighted by atomic mass is 32.1. The zero-order valence-corrected chi connectivity index (χ0v) is 19.4. The first-order valence-corrected chi connectivity index (χ1v) is 11.3. The van der Waals surface area contributed by atoms with Gasteiger partial charge in [-0.1, -0.05) is 31.2 Å². The highest BCUT2D eigenvalue weighted by Crippen LogP contribution is 2.31. The van der Waals surface area contributed by atoms with E-state index in [0.29, 0.717) is 5.95 Å². The van der Waals surface area contributed by atoms with E-state index in [-0.39, 0.29) is 6.17 Å². The standard InChI is InChI=1S/C23H32N6S/c1-6-20(29(4)5)25-16-17-8-10-18(11-9-17)21-22-19(12-15-30-22)26-23(27-21)24-13-7-14-28(2)3/h8-12,15-16,20H,6-7,13-14H2,1-5H3,(H,24,26,27)/b25-16+. The first kappa shape index (κ1) is 22.3. The van der Waals surface area contributed by atoms with Gasteiger partial charge in [-0.2, -0.15) is 0 Å². The summed E-state index contributed by atoms with van der Waals surface area (Å²) < 4.78 is 1.12. The lowest BCUT2D eigenvalue weighted by Crippen LogP contribution is -2.25. The average molecular weight is 425 g/mol. The van der Waals surface area contributed by atoms with Crippen molar-refractivity contribution in [2.45, 2.75) is 25.9 Å². The lowest BCUT2D eigenvalue weighted by molar-refractivity contribution is 0.296. The van der Waals surface area contributed by atoms with Crippen molar-refractivity contribution in [1.29, 1.82) is 0 Å². The summed E-state index contributed by atoms with van der Waals surface area (Å²) in [6, 6.07) is 10.5. The zero-order chi connectivity index (χ0) is 21.5. The molecule has 1 N–H and O–H groups in total. The Kier molecular flexibility index (Phi) is 7.90. The lowest BCUT2D eigenvalue weighted by Gasteiger charge is -2.17. The van der Waals surface area contributed by atoms with Gasteiger partial charge >= 0.3 is 0 Å². The molecule has 0 spiro atoms. The molecule has 0 aliphatic rings. The molecule has 2 heterocycles. The number of benzene rings is 1. The maximum atomic E-state index is 4.83. The number of thiophene rings is 1. The summed E-state index contributed by atoms with van der Waals surface area (Å²) >= 11 is 1.68. The van der Waals surface area contributed by atoms with E-state index in [0.717, 1.165) is 53.0 Å². The third-order valence-electron chi connectivity index (χ3n) is 4.91. The summed E-state index contributed by atoms with van der Waals surface area (Å²) in [6.45, 7) is 4.04. The minimum absolute atomic E-state index is 0.207. The number of fused-ring (bicyclic) bond motifs is 1. The summed E-state index contributed by atoms with van der Waals surface area (Å²) in [5, 5.41) is 5.46. The summed E-state index contributed by atoms with van der Waals surface area (Å²) in [6.07, 6.45) is 4.20. The zero-order valence-electron chi connectivity index (χ0n) is 18.6. The monoisotopic (exact) mass is 424 g/mol. The summed E-state index contributed by atoms with van der Waals surface area (Å²) in [5.74, 6) is 0.692. The molecule has 7 heteroatoms. The molecule has 6 nitrogen and oxygen atoms in total. The molecule has 1 unspecified atom stereocenters. The third kappa shape index (κ3) is 5.84. The number of nitrogens with zero attached hydrogens (tertiary/aromatic N) is 5. The Morgan fingerprint density at radius 3 is 2.53 bits per heavy atom. The van der Waals surface area contributed by atoms with Crippen molar-refractivity contribution in [3.8, 4) is 11.3 Å². The third-order valence-corrected chi connectivity index (χ3v) is 5.82. The number of rotatable bonds is 10. The summed E-state index contributed by atoms with van der Waals surface area (Å²) in [4.78, 5) is 18.5. The highest BCUT2D eigenvalue weighted by molar-refractivity contribution is 7.17. The molecule has 0 bridgehead atoms. The van der Waals surface area contributed by atoms with E-state index >= 15 is 0 Å². The van der Waals surface area contributed by atoms with Crippen LogP contribution in [0.5, 0.6) is 0 Å². The summed E-state index contributed by atoms with van der Waals surface area (Å²) in [7, 11) is 8.29. The van der Waals surface area contributed by atoms with Gasteiger partial charge in [0.2, 0.25) is 5.95 Å². The van der Waals surface area contributed by atoms with Crippen molar-refractivity contribution >= 4 is 33.7 Å². The van der Waals surface area contributed by atoms with E-state index < -0.39 is 0 Å². The first-order chi connectivity index (χ1) is 14.5. The minimum atomic E-state index is 0.207. The molecular formula is C23H32N6S. The maximum absolute atomic E-state index is 4.83. The minimum Gasteiger partial charge on any atom is -0.354 e. The molecule has 0 amide bonds. The molecule has 30 heavy (non-hydrogen) atoms. The first-order valence-electron chi connectivity index (χ1n) is 10.4. The smallest absolute Gasteiger partial charge is 0.223 e. The van der Waals surface area contributed by atoms with Crippen LogP contribution in [0, 0.1) is 0 Å². The predicted octanol–water partition coefficient (Wildman–Crippen LogP) is 4.44. The molecule has 3 aromatic rings. The Labute approximate surface area is 183 Å². The van der Waals surface area contributed by atoms with Crippen LogP contribution in [-0.2, 0) is 0 Å². The molecule has 1 atom stereocenters. The van der Waals surface area contributed by atoms with E-state index in [2.05, 4.69) is 95.9 Å². The van der Waals surface area contributed by atoms with Crippen molar-refractivity contribution in [2.75, 3.05) is 46.6 Å². The fourth-order valence-electron chi connectivity index (χ4n) is 3.24. The number of aliphatic imine (C=N–C) groups is 1. The largest absolute Gasteiger partial charge is 0.354 e. The number of nitrogens with one attached hydrogen (secondary N) is 1. The van der Waals surface area contributed by atoms with Crippen LogP contribution in [-0.4, -0.2) is 73.4 Å². The van der Waals surface area contributed by atoms with Gasteiger partial charge in [0.1, 0.15) is 6.17 Å². The van der Waals surface area contributed by atoms with Crippen LogP contribution in [0.4, 0.5) is 5.95 Å². The molecule has 0 saturated heterocycles. The van der Waals surface area contributed by atoms with Crippen LogP contribution in [0.15, 0.2) is 40.7 Å². The fraction of sp³-hybridized carbons (Fsp3) is 0.435. The van der Waals surface area contributed by atoms with Gasteiger partial charge in [-0.25, -0.2) is 9.97 Å². The van der Waals surface area contributed by atoms with E-state index in [4.69, 9.17) is 4.98 Å². The van der Waals surface area contributed by atoms with E-state index in [1.807, 2.05) is 6.21 Å². The predicted molar refractivity (Wildman–Crippen MR) is 130 cm³/mol. The van der Waals surface area contributed by atoms with Gasteiger partial charge in [0, 0.05) is 18.3 Å². The number of anilines is 1. The molecule has 0 aliphatic heterocycles. The highest BCUT2D eigenvalue weighted by Gasteiger charge is 2.11. The second-order valence-electron chi connectivity index (χ2n) is 7.87. The maximum Gasteiger partial charge on any atom is 0.223 e. The second-order valence-corrected chi connectivity index (χ2v) is 8.78. The summed E-state index contributed by atoms with van der Waals surface area (Å²) in [5.41, 5.74) is 4.16. The van der Waals surface area contributed by atoms with Gasteiger partial charge < -0.3 is 10.2 Å². The number of hydrogen-bond acceptors (Lipinski definition) is 7. The van der Waals surface area contributed by atoms with E-state index in [1.165, 1.54) is 0 Å². The van der Waals surface area contributed by atoms with Gasteiger partial charge in [0.15, 0.2) is 0 Å². The molecule has 2 aromatic heterocycles. The Balaban J connectivity index is 1.79. The average Bonchev–Trinajstić information content (AvgIpc) is 3.20. The number of hydrogen-bond donors (Lipinski definition) is 1. The van der Waals surface area contributed by atoms with Crippen LogP contribution >= 0.6 is 11.3 Å². The molecule has 3 rings (SSSR count). The van der Waals surface area contributed by atoms with Gasteiger partial charge in [-0.3, -0.25) is 9.89 Å². The van der Waals surface area contributed by atoms with Crippen LogP contribution in [0.25, 0.3) is 21.5 Å². The Morgan fingerprint density at radius 2 is 1.87 bits per heavy atom. The Morgan fingerprint density at radius 1 is 1.10 bits per heavy atom.